The third-order valence-corrected chi connectivity index (χ3v) is 4.08. The number of ether oxygens (including phenoxy) is 1. The molecule has 1 aromatic rings. The van der Waals surface area contributed by atoms with E-state index in [1.807, 2.05) is 30.3 Å². The van der Waals surface area contributed by atoms with Gasteiger partial charge in [-0.1, -0.05) is 43.7 Å². The minimum atomic E-state index is -0.431. The van der Waals surface area contributed by atoms with Crippen LogP contribution in [0.3, 0.4) is 0 Å². The number of carbonyl (C=O) groups is 2. The van der Waals surface area contributed by atoms with E-state index in [9.17, 15) is 9.59 Å². The summed E-state index contributed by atoms with van der Waals surface area (Å²) in [7, 11) is 0. The fourth-order valence-electron chi connectivity index (χ4n) is 2.70. The van der Waals surface area contributed by atoms with Crippen molar-refractivity contribution in [1.29, 1.82) is 0 Å². The van der Waals surface area contributed by atoms with E-state index in [1.54, 1.807) is 4.90 Å². The van der Waals surface area contributed by atoms with Crippen LogP contribution < -0.4 is 5.73 Å². The van der Waals surface area contributed by atoms with Gasteiger partial charge in [0.1, 0.15) is 12.6 Å². The molecule has 1 heterocycles. The third kappa shape index (κ3) is 4.96. The molecule has 2 amide bonds. The Hall–Kier alpha value is -2.08. The molecule has 6 nitrogen and oxygen atoms in total. The van der Waals surface area contributed by atoms with Gasteiger partial charge in [-0.3, -0.25) is 9.69 Å². The highest BCUT2D eigenvalue weighted by Gasteiger charge is 2.33. The van der Waals surface area contributed by atoms with Crippen LogP contribution in [0.4, 0.5) is 4.79 Å². The lowest BCUT2D eigenvalue weighted by atomic mass is 10.1. The van der Waals surface area contributed by atoms with E-state index in [-0.39, 0.29) is 12.5 Å². The van der Waals surface area contributed by atoms with E-state index in [0.29, 0.717) is 19.6 Å². The second-order valence-electron chi connectivity index (χ2n) is 5.79. The molecule has 0 radical (unpaired) electrons. The molecular formula is C17H25N3O3. The molecule has 1 aliphatic heterocycles. The molecule has 0 aliphatic carbocycles. The summed E-state index contributed by atoms with van der Waals surface area (Å²) in [6, 6.07) is 9.10. The SMILES string of the molecule is CCCCN1CCN(C(=O)OCc2ccccc2)C[C@H]1C(N)=O. The summed E-state index contributed by atoms with van der Waals surface area (Å²) in [5.41, 5.74) is 6.44. The van der Waals surface area contributed by atoms with Crippen LogP contribution >= 0.6 is 0 Å². The van der Waals surface area contributed by atoms with Crippen molar-refractivity contribution in [2.45, 2.75) is 32.4 Å². The van der Waals surface area contributed by atoms with Gasteiger partial charge in [0.15, 0.2) is 0 Å². The van der Waals surface area contributed by atoms with Gasteiger partial charge in [-0.05, 0) is 18.5 Å². The highest BCUT2D eigenvalue weighted by molar-refractivity contribution is 5.81. The second kappa shape index (κ2) is 8.53. The van der Waals surface area contributed by atoms with Crippen molar-refractivity contribution in [3.63, 3.8) is 0 Å². The van der Waals surface area contributed by atoms with Crippen molar-refractivity contribution in [2.24, 2.45) is 5.73 Å². The van der Waals surface area contributed by atoms with Crippen LogP contribution in [0.25, 0.3) is 0 Å². The Morgan fingerprint density at radius 3 is 2.65 bits per heavy atom. The summed E-state index contributed by atoms with van der Waals surface area (Å²) in [5.74, 6) is -0.387. The van der Waals surface area contributed by atoms with Gasteiger partial charge in [0.05, 0.1) is 0 Å². The van der Waals surface area contributed by atoms with Crippen LogP contribution in [0.2, 0.25) is 0 Å². The smallest absolute Gasteiger partial charge is 0.410 e. The van der Waals surface area contributed by atoms with Gasteiger partial charge in [-0.25, -0.2) is 4.79 Å². The van der Waals surface area contributed by atoms with Gasteiger partial charge < -0.3 is 15.4 Å². The van der Waals surface area contributed by atoms with Gasteiger partial charge in [-0.2, -0.15) is 0 Å². The van der Waals surface area contributed by atoms with Crippen molar-refractivity contribution in [3.8, 4) is 0 Å². The second-order valence-corrected chi connectivity index (χ2v) is 5.79. The maximum atomic E-state index is 12.2. The number of rotatable bonds is 6. The molecule has 2 N–H and O–H groups in total. The third-order valence-electron chi connectivity index (χ3n) is 4.08. The Kier molecular flexibility index (Phi) is 6.40. The van der Waals surface area contributed by atoms with Crippen molar-refractivity contribution in [2.75, 3.05) is 26.2 Å². The highest BCUT2D eigenvalue weighted by Crippen LogP contribution is 2.13. The molecule has 1 aromatic carbocycles. The van der Waals surface area contributed by atoms with Gasteiger partial charge in [-0.15, -0.1) is 0 Å². The summed E-state index contributed by atoms with van der Waals surface area (Å²) in [5, 5.41) is 0. The van der Waals surface area contributed by atoms with Gasteiger partial charge in [0.2, 0.25) is 5.91 Å². The van der Waals surface area contributed by atoms with E-state index in [2.05, 4.69) is 11.8 Å². The number of benzene rings is 1. The number of carbonyl (C=O) groups excluding carboxylic acids is 2. The Morgan fingerprint density at radius 1 is 1.26 bits per heavy atom. The van der Waals surface area contributed by atoms with Crippen LogP contribution in [0.5, 0.6) is 0 Å². The van der Waals surface area contributed by atoms with E-state index in [1.165, 1.54) is 0 Å². The predicted molar refractivity (Wildman–Crippen MR) is 87.7 cm³/mol. The first-order valence-corrected chi connectivity index (χ1v) is 8.10. The predicted octanol–water partition coefficient (Wildman–Crippen LogP) is 1.59. The highest BCUT2D eigenvalue weighted by atomic mass is 16.6. The Morgan fingerprint density at radius 2 is 2.00 bits per heavy atom. The molecule has 0 unspecified atom stereocenters. The van der Waals surface area contributed by atoms with Crippen LogP contribution in [-0.4, -0.2) is 54.0 Å². The Bertz CT molecular complexity index is 521. The number of nitrogens with two attached hydrogens (primary N) is 1. The molecule has 2 rings (SSSR count). The van der Waals surface area contributed by atoms with E-state index >= 15 is 0 Å². The van der Waals surface area contributed by atoms with Crippen LogP contribution in [0.1, 0.15) is 25.3 Å². The molecule has 0 bridgehead atoms. The fourth-order valence-corrected chi connectivity index (χ4v) is 2.70. The van der Waals surface area contributed by atoms with E-state index < -0.39 is 12.1 Å². The molecule has 126 valence electrons. The molecule has 23 heavy (non-hydrogen) atoms. The molecule has 6 heteroatoms. The molecule has 1 atom stereocenters. The maximum Gasteiger partial charge on any atom is 0.410 e. The van der Waals surface area contributed by atoms with Gasteiger partial charge >= 0.3 is 6.09 Å². The zero-order valence-electron chi connectivity index (χ0n) is 13.6. The summed E-state index contributed by atoms with van der Waals surface area (Å²) >= 11 is 0. The first-order chi connectivity index (χ1) is 11.1. The minimum Gasteiger partial charge on any atom is -0.445 e. The summed E-state index contributed by atoms with van der Waals surface area (Å²) in [6.07, 6.45) is 1.68. The molecule has 1 aliphatic rings. The average molecular weight is 319 g/mol. The van der Waals surface area contributed by atoms with Crippen molar-refractivity contribution < 1.29 is 14.3 Å². The largest absolute Gasteiger partial charge is 0.445 e. The van der Waals surface area contributed by atoms with Crippen molar-refractivity contribution in [3.05, 3.63) is 35.9 Å². The number of piperazine rings is 1. The zero-order valence-corrected chi connectivity index (χ0v) is 13.6. The lowest BCUT2D eigenvalue weighted by molar-refractivity contribution is -0.125. The number of amides is 2. The number of hydrogen-bond acceptors (Lipinski definition) is 4. The topological polar surface area (TPSA) is 75.9 Å². The summed E-state index contributed by atoms with van der Waals surface area (Å²) in [6.45, 7) is 4.67. The maximum absolute atomic E-state index is 12.2. The fraction of sp³-hybridized carbons (Fsp3) is 0.529. The molecule has 0 saturated carbocycles. The average Bonchev–Trinajstić information content (AvgIpc) is 2.58. The van der Waals surface area contributed by atoms with Gasteiger partial charge in [0, 0.05) is 19.6 Å². The molecule has 1 fully saturated rings. The van der Waals surface area contributed by atoms with Crippen molar-refractivity contribution in [1.82, 2.24) is 9.80 Å². The van der Waals surface area contributed by atoms with E-state index in [0.717, 1.165) is 24.9 Å². The van der Waals surface area contributed by atoms with Crippen molar-refractivity contribution >= 4 is 12.0 Å². The Balaban J connectivity index is 1.88. The number of hydrogen-bond donors (Lipinski definition) is 1. The molecule has 0 spiro atoms. The molecular weight excluding hydrogens is 294 g/mol. The standard InChI is InChI=1S/C17H25N3O3/c1-2-3-9-19-10-11-20(12-15(19)16(18)21)17(22)23-13-14-7-5-4-6-8-14/h4-8,15H,2-3,9-13H2,1H3,(H2,18,21)/t15-/m0/s1. The lowest BCUT2D eigenvalue weighted by Gasteiger charge is -2.39. The van der Waals surface area contributed by atoms with Crippen LogP contribution in [0, 0.1) is 0 Å². The van der Waals surface area contributed by atoms with Gasteiger partial charge in [0.25, 0.3) is 0 Å². The Labute approximate surface area is 137 Å². The summed E-state index contributed by atoms with van der Waals surface area (Å²) in [4.78, 5) is 27.5. The normalized spacial score (nSPS) is 18.7. The first kappa shape index (κ1) is 17.3. The quantitative estimate of drug-likeness (QED) is 0.864. The minimum absolute atomic E-state index is 0.233. The van der Waals surface area contributed by atoms with Crippen LogP contribution in [0.15, 0.2) is 30.3 Å². The zero-order chi connectivity index (χ0) is 16.7. The van der Waals surface area contributed by atoms with Crippen LogP contribution in [-0.2, 0) is 16.1 Å². The lowest BCUT2D eigenvalue weighted by Crippen LogP contribution is -2.59. The molecule has 0 aromatic heterocycles. The number of unbranched alkanes of at least 4 members (excludes halogenated alkanes) is 1. The number of primary amides is 1. The van der Waals surface area contributed by atoms with E-state index in [4.69, 9.17) is 10.5 Å². The number of nitrogens with zero attached hydrogens (tertiary/aromatic N) is 2. The molecule has 1 saturated heterocycles. The first-order valence-electron chi connectivity index (χ1n) is 8.10. The summed E-state index contributed by atoms with van der Waals surface area (Å²) < 4.78 is 5.33. The monoisotopic (exact) mass is 319 g/mol.